The fraction of sp³-hybridized carbons (Fsp3) is 0.500. The summed E-state index contributed by atoms with van der Waals surface area (Å²) >= 11 is 0. The molecule has 0 radical (unpaired) electrons. The first-order valence-electron chi connectivity index (χ1n) is 6.52. The maximum absolute atomic E-state index is 11.2. The zero-order valence-corrected chi connectivity index (χ0v) is 11.5. The van der Waals surface area contributed by atoms with Crippen LogP contribution in [0, 0.1) is 6.92 Å². The second-order valence-electron chi connectivity index (χ2n) is 4.94. The van der Waals surface area contributed by atoms with E-state index in [9.17, 15) is 4.79 Å². The van der Waals surface area contributed by atoms with Crippen LogP contribution in [-0.4, -0.2) is 45.3 Å². The number of nitrogens with two attached hydrogens (primary N) is 1. The molecule has 1 aromatic rings. The van der Waals surface area contributed by atoms with Crippen LogP contribution in [0.15, 0.2) is 18.2 Å². The Morgan fingerprint density at radius 3 is 2.95 bits per heavy atom. The van der Waals surface area contributed by atoms with Gasteiger partial charge in [-0.1, -0.05) is 0 Å². The number of amides is 1. The normalized spacial score (nSPS) is 19.2. The largest absolute Gasteiger partial charge is 0.374 e. The van der Waals surface area contributed by atoms with E-state index in [1.807, 2.05) is 26.1 Å². The van der Waals surface area contributed by atoms with Crippen molar-refractivity contribution in [1.29, 1.82) is 0 Å². The molecule has 3 N–H and O–H groups in total. The van der Waals surface area contributed by atoms with Gasteiger partial charge in [-0.2, -0.15) is 0 Å². The molecule has 0 bridgehead atoms. The quantitative estimate of drug-likeness (QED) is 0.831. The molecule has 0 aliphatic carbocycles. The van der Waals surface area contributed by atoms with Crippen molar-refractivity contribution >= 4 is 11.6 Å². The zero-order chi connectivity index (χ0) is 13.8. The number of aryl methyl sites for hydroxylation is 1. The van der Waals surface area contributed by atoms with Gasteiger partial charge in [-0.05, 0) is 30.7 Å². The molecule has 2 rings (SSSR count). The Balaban J connectivity index is 2.04. The molecular weight excluding hydrogens is 242 g/mol. The average molecular weight is 263 g/mol. The maximum atomic E-state index is 11.2. The Kier molecular flexibility index (Phi) is 4.39. The summed E-state index contributed by atoms with van der Waals surface area (Å²) in [7, 11) is 2.02. The molecule has 0 saturated carbocycles. The van der Waals surface area contributed by atoms with Gasteiger partial charge >= 0.3 is 0 Å². The maximum Gasteiger partial charge on any atom is 0.248 e. The second-order valence-corrected chi connectivity index (χ2v) is 4.94. The van der Waals surface area contributed by atoms with E-state index in [0.717, 1.165) is 37.5 Å². The fourth-order valence-corrected chi connectivity index (χ4v) is 2.31. The van der Waals surface area contributed by atoms with Gasteiger partial charge in [0.1, 0.15) is 0 Å². The summed E-state index contributed by atoms with van der Waals surface area (Å²) in [5, 5.41) is 3.31. The van der Waals surface area contributed by atoms with Crippen LogP contribution in [0.2, 0.25) is 0 Å². The van der Waals surface area contributed by atoms with Gasteiger partial charge in [0, 0.05) is 37.9 Å². The van der Waals surface area contributed by atoms with Gasteiger partial charge in [-0.3, -0.25) is 4.79 Å². The first-order chi connectivity index (χ1) is 9.08. The molecule has 0 aromatic heterocycles. The third kappa shape index (κ3) is 3.45. The summed E-state index contributed by atoms with van der Waals surface area (Å²) < 4.78 is 5.68. The molecule has 1 aliphatic rings. The Morgan fingerprint density at radius 2 is 2.37 bits per heavy atom. The number of carbonyl (C=O) groups excluding carboxylic acids is 1. The van der Waals surface area contributed by atoms with E-state index in [-0.39, 0.29) is 12.0 Å². The molecule has 1 unspecified atom stereocenters. The number of nitrogens with one attached hydrogen (secondary N) is 1. The van der Waals surface area contributed by atoms with Crippen LogP contribution in [-0.2, 0) is 4.74 Å². The van der Waals surface area contributed by atoms with Crippen molar-refractivity contribution in [3.8, 4) is 0 Å². The Labute approximate surface area is 113 Å². The van der Waals surface area contributed by atoms with Crippen LogP contribution in [0.3, 0.4) is 0 Å². The van der Waals surface area contributed by atoms with Crippen molar-refractivity contribution in [2.75, 3.05) is 38.2 Å². The highest BCUT2D eigenvalue weighted by Crippen LogP contribution is 2.18. The van der Waals surface area contributed by atoms with Crippen molar-refractivity contribution in [1.82, 2.24) is 5.32 Å². The summed E-state index contributed by atoms with van der Waals surface area (Å²) in [5.41, 5.74) is 7.85. The van der Waals surface area contributed by atoms with Crippen molar-refractivity contribution in [2.45, 2.75) is 13.0 Å². The van der Waals surface area contributed by atoms with Crippen molar-refractivity contribution < 1.29 is 9.53 Å². The smallest absolute Gasteiger partial charge is 0.248 e. The number of hydrogen-bond acceptors (Lipinski definition) is 4. The van der Waals surface area contributed by atoms with E-state index in [0.29, 0.717) is 5.56 Å². The van der Waals surface area contributed by atoms with Crippen molar-refractivity contribution in [3.05, 3.63) is 29.3 Å². The zero-order valence-electron chi connectivity index (χ0n) is 11.5. The fourth-order valence-electron chi connectivity index (χ4n) is 2.31. The third-order valence-electron chi connectivity index (χ3n) is 3.40. The van der Waals surface area contributed by atoms with Crippen LogP contribution < -0.4 is 16.0 Å². The number of hydrogen-bond donors (Lipinski definition) is 2. The summed E-state index contributed by atoms with van der Waals surface area (Å²) in [6, 6.07) is 5.68. The summed E-state index contributed by atoms with van der Waals surface area (Å²) in [4.78, 5) is 13.3. The van der Waals surface area contributed by atoms with E-state index in [1.54, 1.807) is 6.07 Å². The monoisotopic (exact) mass is 263 g/mol. The van der Waals surface area contributed by atoms with Crippen LogP contribution in [0.4, 0.5) is 5.69 Å². The highest BCUT2D eigenvalue weighted by atomic mass is 16.5. The van der Waals surface area contributed by atoms with Crippen LogP contribution >= 0.6 is 0 Å². The average Bonchev–Trinajstić information content (AvgIpc) is 2.39. The Bertz CT molecular complexity index is 456. The Hall–Kier alpha value is -1.59. The standard InChI is InChI=1S/C14H21N3O2/c1-10-7-11(3-4-13(10)14(15)18)17(2)9-12-8-16-5-6-19-12/h3-4,7,12,16H,5-6,8-9H2,1-2H3,(H2,15,18). The molecule has 1 aliphatic heterocycles. The topological polar surface area (TPSA) is 67.6 Å². The lowest BCUT2D eigenvalue weighted by molar-refractivity contribution is 0.0340. The van der Waals surface area contributed by atoms with Crippen LogP contribution in [0.25, 0.3) is 0 Å². The molecule has 5 nitrogen and oxygen atoms in total. The molecule has 19 heavy (non-hydrogen) atoms. The number of likely N-dealkylation sites (N-methyl/N-ethyl adjacent to an activating group) is 1. The van der Waals surface area contributed by atoms with Gasteiger partial charge in [0.2, 0.25) is 5.91 Å². The highest BCUT2D eigenvalue weighted by Gasteiger charge is 2.16. The minimum Gasteiger partial charge on any atom is -0.374 e. The third-order valence-corrected chi connectivity index (χ3v) is 3.40. The molecule has 1 amide bonds. The van der Waals surface area contributed by atoms with E-state index in [4.69, 9.17) is 10.5 Å². The van der Waals surface area contributed by atoms with Crippen molar-refractivity contribution in [3.63, 3.8) is 0 Å². The second kappa shape index (κ2) is 6.04. The number of morpholine rings is 1. The number of benzene rings is 1. The lowest BCUT2D eigenvalue weighted by atomic mass is 10.1. The molecular formula is C14H21N3O2. The van der Waals surface area contributed by atoms with E-state index < -0.39 is 0 Å². The molecule has 1 fully saturated rings. The Morgan fingerprint density at radius 1 is 1.58 bits per heavy atom. The van der Waals surface area contributed by atoms with Crippen LogP contribution in [0.1, 0.15) is 15.9 Å². The first kappa shape index (κ1) is 13.8. The summed E-state index contributed by atoms with van der Waals surface area (Å²) in [6.07, 6.45) is 0.204. The van der Waals surface area contributed by atoms with E-state index in [1.165, 1.54) is 0 Å². The van der Waals surface area contributed by atoms with Gasteiger partial charge in [0.15, 0.2) is 0 Å². The van der Waals surface area contributed by atoms with Gasteiger partial charge in [0.05, 0.1) is 12.7 Å². The minimum absolute atomic E-state index is 0.204. The van der Waals surface area contributed by atoms with Gasteiger partial charge in [-0.25, -0.2) is 0 Å². The van der Waals surface area contributed by atoms with Crippen molar-refractivity contribution in [2.24, 2.45) is 5.73 Å². The number of ether oxygens (including phenoxy) is 1. The molecule has 1 aromatic carbocycles. The summed E-state index contributed by atoms with van der Waals surface area (Å²) in [5.74, 6) is -0.383. The first-order valence-corrected chi connectivity index (χ1v) is 6.52. The van der Waals surface area contributed by atoms with Crippen LogP contribution in [0.5, 0.6) is 0 Å². The lowest BCUT2D eigenvalue weighted by Gasteiger charge is -2.29. The highest BCUT2D eigenvalue weighted by molar-refractivity contribution is 5.94. The number of carbonyl (C=O) groups is 1. The minimum atomic E-state index is -0.383. The molecule has 0 spiro atoms. The number of primary amides is 1. The lowest BCUT2D eigenvalue weighted by Crippen LogP contribution is -2.44. The molecule has 1 atom stereocenters. The van der Waals surface area contributed by atoms with E-state index >= 15 is 0 Å². The molecule has 104 valence electrons. The van der Waals surface area contributed by atoms with Gasteiger partial charge in [0.25, 0.3) is 0 Å². The van der Waals surface area contributed by atoms with E-state index in [2.05, 4.69) is 10.2 Å². The number of anilines is 1. The predicted molar refractivity (Wildman–Crippen MR) is 75.6 cm³/mol. The number of nitrogens with zero attached hydrogens (tertiary/aromatic N) is 1. The van der Waals surface area contributed by atoms with Gasteiger partial charge < -0.3 is 20.7 Å². The molecule has 1 saturated heterocycles. The number of rotatable bonds is 4. The SMILES string of the molecule is Cc1cc(N(C)CC2CNCCO2)ccc1C(N)=O. The summed E-state index contributed by atoms with van der Waals surface area (Å²) in [6.45, 7) is 5.28. The molecule has 1 heterocycles. The predicted octanol–water partition coefficient (Wildman–Crippen LogP) is 0.519. The van der Waals surface area contributed by atoms with Gasteiger partial charge in [-0.15, -0.1) is 0 Å². The molecule has 5 heteroatoms.